The number of hydrogen-bond donors (Lipinski definition) is 5. The molecule has 0 saturated heterocycles. The number of amides is 2. The number of rotatable bonds is 3. The Bertz CT molecular complexity index is 609. The largest absolute Gasteiger partial charge is 0.505 e. The monoisotopic (exact) mass is 262 g/mol. The quantitative estimate of drug-likeness (QED) is 0.535. The number of para-hydroxylation sites is 1. The predicted octanol–water partition coefficient (Wildman–Crippen LogP) is 1.46. The van der Waals surface area contributed by atoms with Gasteiger partial charge >= 0.3 is 12.0 Å². The lowest BCUT2D eigenvalue weighted by Gasteiger charge is -2.09. The van der Waals surface area contributed by atoms with Gasteiger partial charge in [-0.2, -0.15) is 5.10 Å². The van der Waals surface area contributed by atoms with Crippen LogP contribution in [0.2, 0.25) is 0 Å². The van der Waals surface area contributed by atoms with E-state index in [1.165, 1.54) is 30.6 Å². The molecule has 0 aliphatic carbocycles. The van der Waals surface area contributed by atoms with E-state index in [0.29, 0.717) is 5.69 Å². The smallest absolute Gasteiger partial charge is 0.339 e. The summed E-state index contributed by atoms with van der Waals surface area (Å²) in [7, 11) is 0. The number of carbonyl (C=O) groups excluding carboxylic acids is 1. The number of hydrogen-bond acceptors (Lipinski definition) is 4. The second kappa shape index (κ2) is 5.08. The first-order valence-electron chi connectivity index (χ1n) is 5.20. The summed E-state index contributed by atoms with van der Waals surface area (Å²) in [5.41, 5.74) is 0.147. The fourth-order valence-electron chi connectivity index (χ4n) is 1.42. The van der Waals surface area contributed by atoms with Gasteiger partial charge in [0, 0.05) is 6.20 Å². The number of urea groups is 1. The maximum Gasteiger partial charge on any atom is 0.339 e. The minimum absolute atomic E-state index is 0.000829. The van der Waals surface area contributed by atoms with Crippen LogP contribution in [0.1, 0.15) is 10.4 Å². The molecule has 8 heteroatoms. The van der Waals surface area contributed by atoms with Gasteiger partial charge in [0.05, 0.1) is 17.6 Å². The summed E-state index contributed by atoms with van der Waals surface area (Å²) < 4.78 is 0. The third-order valence-electron chi connectivity index (χ3n) is 2.27. The molecule has 5 N–H and O–H groups in total. The summed E-state index contributed by atoms with van der Waals surface area (Å²) >= 11 is 0. The molecule has 2 aromatic rings. The SMILES string of the molecule is O=C(Nc1cn[nH]c1)Nc1cccc(C(=O)O)c1O. The Morgan fingerprint density at radius 3 is 2.68 bits per heavy atom. The molecule has 0 fully saturated rings. The van der Waals surface area contributed by atoms with Crippen LogP contribution in [0.25, 0.3) is 0 Å². The standard InChI is InChI=1S/C11H10N4O4/c16-9-7(10(17)18)2-1-3-8(9)15-11(19)14-6-4-12-13-5-6/h1-5,16H,(H,12,13)(H,17,18)(H2,14,15,19). The number of aromatic carboxylic acids is 1. The number of benzene rings is 1. The summed E-state index contributed by atoms with van der Waals surface area (Å²) in [5.74, 6) is -1.78. The lowest BCUT2D eigenvalue weighted by Crippen LogP contribution is -2.19. The number of anilines is 2. The maximum atomic E-state index is 11.6. The van der Waals surface area contributed by atoms with Crippen LogP contribution >= 0.6 is 0 Å². The molecule has 0 spiro atoms. The third-order valence-corrected chi connectivity index (χ3v) is 2.27. The van der Waals surface area contributed by atoms with Gasteiger partial charge in [-0.3, -0.25) is 5.10 Å². The molecule has 0 aliphatic heterocycles. The molecule has 1 aromatic carbocycles. The zero-order valence-corrected chi connectivity index (χ0v) is 9.54. The Hall–Kier alpha value is -3.03. The molecule has 0 atom stereocenters. The van der Waals surface area contributed by atoms with E-state index < -0.39 is 17.7 Å². The highest BCUT2D eigenvalue weighted by Gasteiger charge is 2.14. The molecule has 0 radical (unpaired) electrons. The van der Waals surface area contributed by atoms with Gasteiger partial charge in [0.2, 0.25) is 0 Å². The number of carboxylic acids is 1. The van der Waals surface area contributed by atoms with Crippen LogP contribution in [0.4, 0.5) is 16.2 Å². The number of aromatic nitrogens is 2. The van der Waals surface area contributed by atoms with Crippen molar-refractivity contribution in [1.82, 2.24) is 10.2 Å². The van der Waals surface area contributed by atoms with Crippen molar-refractivity contribution in [2.45, 2.75) is 0 Å². The summed E-state index contributed by atoms with van der Waals surface area (Å²) in [6.07, 6.45) is 2.86. The van der Waals surface area contributed by atoms with Crippen molar-refractivity contribution in [3.63, 3.8) is 0 Å². The number of nitrogens with zero attached hydrogens (tertiary/aromatic N) is 1. The van der Waals surface area contributed by atoms with Crippen LogP contribution in [-0.4, -0.2) is 32.4 Å². The highest BCUT2D eigenvalue weighted by Crippen LogP contribution is 2.27. The fraction of sp³-hybridized carbons (Fsp3) is 0. The van der Waals surface area contributed by atoms with Gasteiger partial charge in [0.1, 0.15) is 5.56 Å². The van der Waals surface area contributed by atoms with Crippen molar-refractivity contribution in [2.24, 2.45) is 0 Å². The van der Waals surface area contributed by atoms with Crippen molar-refractivity contribution >= 4 is 23.4 Å². The number of nitrogens with one attached hydrogen (secondary N) is 3. The topological polar surface area (TPSA) is 127 Å². The van der Waals surface area contributed by atoms with Crippen molar-refractivity contribution in [3.8, 4) is 5.75 Å². The molecular weight excluding hydrogens is 252 g/mol. The van der Waals surface area contributed by atoms with Gasteiger partial charge in [-0.15, -0.1) is 0 Å². The average Bonchev–Trinajstić information content (AvgIpc) is 2.84. The minimum atomic E-state index is -1.28. The fourth-order valence-corrected chi connectivity index (χ4v) is 1.42. The lowest BCUT2D eigenvalue weighted by atomic mass is 10.2. The molecule has 0 bridgehead atoms. The molecule has 1 heterocycles. The van der Waals surface area contributed by atoms with E-state index in [9.17, 15) is 14.7 Å². The first kappa shape index (κ1) is 12.4. The van der Waals surface area contributed by atoms with E-state index in [1.54, 1.807) is 0 Å². The molecular formula is C11H10N4O4. The van der Waals surface area contributed by atoms with Crippen LogP contribution in [0.15, 0.2) is 30.6 Å². The van der Waals surface area contributed by atoms with Crippen molar-refractivity contribution < 1.29 is 19.8 Å². The van der Waals surface area contributed by atoms with Gasteiger partial charge < -0.3 is 20.8 Å². The maximum absolute atomic E-state index is 11.6. The number of carboxylic acid groups (broad SMARTS) is 1. The van der Waals surface area contributed by atoms with E-state index in [-0.39, 0.29) is 11.3 Å². The Morgan fingerprint density at radius 1 is 1.26 bits per heavy atom. The predicted molar refractivity (Wildman–Crippen MR) is 66.3 cm³/mol. The second-order valence-corrected chi connectivity index (χ2v) is 3.57. The molecule has 19 heavy (non-hydrogen) atoms. The summed E-state index contributed by atoms with van der Waals surface area (Å²) in [6.45, 7) is 0. The van der Waals surface area contributed by atoms with E-state index in [4.69, 9.17) is 5.11 Å². The molecule has 0 aliphatic rings. The summed E-state index contributed by atoms with van der Waals surface area (Å²) in [6, 6.07) is 3.41. The van der Waals surface area contributed by atoms with Crippen LogP contribution in [0.5, 0.6) is 5.75 Å². The highest BCUT2D eigenvalue weighted by atomic mass is 16.4. The van der Waals surface area contributed by atoms with Crippen molar-refractivity contribution in [3.05, 3.63) is 36.2 Å². The first-order valence-corrected chi connectivity index (χ1v) is 5.20. The van der Waals surface area contributed by atoms with E-state index in [1.807, 2.05) is 0 Å². The van der Waals surface area contributed by atoms with Crippen LogP contribution in [0, 0.1) is 0 Å². The van der Waals surface area contributed by atoms with Crippen molar-refractivity contribution in [1.29, 1.82) is 0 Å². The van der Waals surface area contributed by atoms with Gasteiger partial charge in [0.25, 0.3) is 0 Å². The summed E-state index contributed by atoms with van der Waals surface area (Å²) in [4.78, 5) is 22.4. The molecule has 2 rings (SSSR count). The summed E-state index contributed by atoms with van der Waals surface area (Å²) in [5, 5.41) is 29.5. The Morgan fingerprint density at radius 2 is 2.05 bits per heavy atom. The minimum Gasteiger partial charge on any atom is -0.505 e. The number of phenols is 1. The van der Waals surface area contributed by atoms with E-state index in [2.05, 4.69) is 20.8 Å². The Balaban J connectivity index is 2.13. The van der Waals surface area contributed by atoms with Gasteiger partial charge in [-0.05, 0) is 12.1 Å². The first-order chi connectivity index (χ1) is 9.08. The zero-order valence-electron chi connectivity index (χ0n) is 9.54. The molecule has 2 amide bonds. The van der Waals surface area contributed by atoms with Gasteiger partial charge in [-0.25, -0.2) is 9.59 Å². The lowest BCUT2D eigenvalue weighted by molar-refractivity contribution is 0.0694. The van der Waals surface area contributed by atoms with Gasteiger partial charge in [0.15, 0.2) is 5.75 Å². The van der Waals surface area contributed by atoms with Crippen LogP contribution in [-0.2, 0) is 0 Å². The normalized spacial score (nSPS) is 9.89. The average molecular weight is 262 g/mol. The Labute approximate surface area is 107 Å². The third kappa shape index (κ3) is 2.80. The Kier molecular flexibility index (Phi) is 3.33. The number of carbonyl (C=O) groups is 2. The van der Waals surface area contributed by atoms with E-state index >= 15 is 0 Å². The van der Waals surface area contributed by atoms with Crippen LogP contribution < -0.4 is 10.6 Å². The van der Waals surface area contributed by atoms with E-state index in [0.717, 1.165) is 0 Å². The van der Waals surface area contributed by atoms with Crippen LogP contribution in [0.3, 0.4) is 0 Å². The molecule has 0 saturated carbocycles. The second-order valence-electron chi connectivity index (χ2n) is 3.57. The number of aromatic hydroxyl groups is 1. The zero-order chi connectivity index (χ0) is 13.8. The molecule has 98 valence electrons. The highest BCUT2D eigenvalue weighted by molar-refractivity contribution is 6.02. The molecule has 1 aromatic heterocycles. The number of aromatic amines is 1. The molecule has 8 nitrogen and oxygen atoms in total. The van der Waals surface area contributed by atoms with Crippen molar-refractivity contribution in [2.75, 3.05) is 10.6 Å². The molecule has 0 unspecified atom stereocenters. The number of H-pyrrole nitrogens is 1. The van der Waals surface area contributed by atoms with Gasteiger partial charge in [-0.1, -0.05) is 6.07 Å².